The molecule has 1 unspecified atom stereocenters. The summed E-state index contributed by atoms with van der Waals surface area (Å²) in [7, 11) is 1.56. The van der Waals surface area contributed by atoms with E-state index in [-0.39, 0.29) is 23.7 Å². The zero-order chi connectivity index (χ0) is 12.8. The zero-order valence-electron chi connectivity index (χ0n) is 10.0. The van der Waals surface area contributed by atoms with E-state index in [9.17, 15) is 13.6 Å². The molecule has 2 nitrogen and oxygen atoms in total. The third-order valence-electron chi connectivity index (χ3n) is 2.42. The Morgan fingerprint density at radius 2 is 2.12 bits per heavy atom. The fourth-order valence-corrected chi connectivity index (χ4v) is 1.70. The fourth-order valence-electron chi connectivity index (χ4n) is 1.70. The second-order valence-corrected chi connectivity index (χ2v) is 4.22. The van der Waals surface area contributed by atoms with Crippen molar-refractivity contribution in [3.05, 3.63) is 35.4 Å². The molecule has 0 saturated carbocycles. The molecule has 0 aliphatic carbocycles. The summed E-state index contributed by atoms with van der Waals surface area (Å²) in [5.74, 6) is -1.10. The van der Waals surface area contributed by atoms with Crippen LogP contribution in [-0.2, 0) is 16.0 Å². The maximum absolute atomic E-state index is 13.3. The molecule has 17 heavy (non-hydrogen) atoms. The Morgan fingerprint density at radius 3 is 2.76 bits per heavy atom. The van der Waals surface area contributed by atoms with Gasteiger partial charge in [-0.3, -0.25) is 4.79 Å². The highest BCUT2D eigenvalue weighted by Crippen LogP contribution is 2.13. The lowest BCUT2D eigenvalue weighted by Crippen LogP contribution is -2.13. The molecule has 0 bridgehead atoms. The second-order valence-electron chi connectivity index (χ2n) is 4.22. The molecule has 0 saturated heterocycles. The third kappa shape index (κ3) is 4.61. The largest absolute Gasteiger partial charge is 0.384 e. The topological polar surface area (TPSA) is 26.3 Å². The van der Waals surface area contributed by atoms with Gasteiger partial charge in [0.2, 0.25) is 0 Å². The smallest absolute Gasteiger partial charge is 0.137 e. The van der Waals surface area contributed by atoms with Crippen LogP contribution in [0.4, 0.5) is 8.78 Å². The van der Waals surface area contributed by atoms with Crippen molar-refractivity contribution in [2.45, 2.75) is 19.8 Å². The normalized spacial score (nSPS) is 12.5. The van der Waals surface area contributed by atoms with Crippen LogP contribution in [-0.4, -0.2) is 19.5 Å². The molecule has 0 N–H and O–H groups in total. The minimum absolute atomic E-state index is 0.0718. The van der Waals surface area contributed by atoms with E-state index in [0.717, 1.165) is 18.2 Å². The molecular formula is C13H16F2O2. The summed E-state index contributed by atoms with van der Waals surface area (Å²) in [5.41, 5.74) is 0.111. The van der Waals surface area contributed by atoms with E-state index in [1.54, 1.807) is 7.11 Å². The molecule has 1 rings (SSSR count). The van der Waals surface area contributed by atoms with Gasteiger partial charge in [-0.15, -0.1) is 0 Å². The van der Waals surface area contributed by atoms with E-state index >= 15 is 0 Å². The van der Waals surface area contributed by atoms with E-state index in [1.807, 2.05) is 6.92 Å². The van der Waals surface area contributed by atoms with Crippen LogP contribution in [0.5, 0.6) is 0 Å². The summed E-state index contributed by atoms with van der Waals surface area (Å²) in [6.07, 6.45) is 0.238. The standard InChI is InChI=1S/C13H16F2O2/c1-9(8-17-2)5-12(16)7-10-6-11(14)3-4-13(10)15/h3-4,6,9H,5,7-8H2,1-2H3. The molecule has 94 valence electrons. The Balaban J connectivity index is 2.58. The maximum atomic E-state index is 13.3. The third-order valence-corrected chi connectivity index (χ3v) is 2.42. The summed E-state index contributed by atoms with van der Waals surface area (Å²) in [6.45, 7) is 2.36. The van der Waals surface area contributed by atoms with Gasteiger partial charge in [-0.2, -0.15) is 0 Å². The van der Waals surface area contributed by atoms with Crippen LogP contribution < -0.4 is 0 Å². The minimum atomic E-state index is -0.542. The van der Waals surface area contributed by atoms with Gasteiger partial charge in [-0.05, 0) is 29.7 Å². The predicted octanol–water partition coefficient (Wildman–Crippen LogP) is 2.75. The van der Waals surface area contributed by atoms with Crippen LogP contribution in [0, 0.1) is 17.6 Å². The molecule has 0 fully saturated rings. The van der Waals surface area contributed by atoms with Crippen LogP contribution >= 0.6 is 0 Å². The second kappa shape index (κ2) is 6.45. The zero-order valence-corrected chi connectivity index (χ0v) is 10.0. The lowest BCUT2D eigenvalue weighted by Gasteiger charge is -2.09. The monoisotopic (exact) mass is 242 g/mol. The first-order valence-corrected chi connectivity index (χ1v) is 5.47. The number of ether oxygens (including phenoxy) is 1. The van der Waals surface area contributed by atoms with Gasteiger partial charge in [-0.25, -0.2) is 8.78 Å². The van der Waals surface area contributed by atoms with Gasteiger partial charge in [0, 0.05) is 26.6 Å². The molecule has 0 heterocycles. The molecule has 0 aliphatic rings. The molecule has 4 heteroatoms. The van der Waals surface area contributed by atoms with Crippen molar-refractivity contribution >= 4 is 5.78 Å². The number of Topliss-reactive ketones (excluding diaryl/α,β-unsaturated/α-hetero) is 1. The summed E-state index contributed by atoms with van der Waals surface area (Å²) in [6, 6.07) is 3.14. The Labute approximate surface area is 99.6 Å². The Kier molecular flexibility index (Phi) is 5.22. The highest BCUT2D eigenvalue weighted by molar-refractivity contribution is 5.81. The van der Waals surface area contributed by atoms with E-state index < -0.39 is 11.6 Å². The summed E-state index contributed by atoms with van der Waals surface area (Å²) in [4.78, 5) is 11.6. The van der Waals surface area contributed by atoms with Crippen molar-refractivity contribution in [2.24, 2.45) is 5.92 Å². The Hall–Kier alpha value is -1.29. The van der Waals surface area contributed by atoms with Gasteiger partial charge in [0.1, 0.15) is 17.4 Å². The van der Waals surface area contributed by atoms with Gasteiger partial charge in [0.05, 0.1) is 0 Å². The first kappa shape index (κ1) is 13.8. The van der Waals surface area contributed by atoms with E-state index in [0.29, 0.717) is 13.0 Å². The number of rotatable bonds is 6. The molecular weight excluding hydrogens is 226 g/mol. The van der Waals surface area contributed by atoms with E-state index in [4.69, 9.17) is 4.74 Å². The molecule has 0 aromatic heterocycles. The molecule has 0 spiro atoms. The first-order chi connectivity index (χ1) is 8.02. The SMILES string of the molecule is COCC(C)CC(=O)Cc1cc(F)ccc1F. The number of halogens is 2. The van der Waals surface area contributed by atoms with Crippen molar-refractivity contribution in [3.63, 3.8) is 0 Å². The van der Waals surface area contributed by atoms with Gasteiger partial charge < -0.3 is 4.74 Å². The van der Waals surface area contributed by atoms with Crippen molar-refractivity contribution in [3.8, 4) is 0 Å². The number of hydrogen-bond donors (Lipinski definition) is 0. The highest BCUT2D eigenvalue weighted by Gasteiger charge is 2.12. The van der Waals surface area contributed by atoms with Crippen LogP contribution in [0.3, 0.4) is 0 Å². The number of ketones is 1. The minimum Gasteiger partial charge on any atom is -0.384 e. The average Bonchev–Trinajstić information content (AvgIpc) is 2.23. The number of hydrogen-bond acceptors (Lipinski definition) is 2. The van der Waals surface area contributed by atoms with Crippen molar-refractivity contribution in [2.75, 3.05) is 13.7 Å². The van der Waals surface area contributed by atoms with E-state index in [1.165, 1.54) is 0 Å². The van der Waals surface area contributed by atoms with Crippen molar-refractivity contribution in [1.29, 1.82) is 0 Å². The van der Waals surface area contributed by atoms with Gasteiger partial charge in [0.15, 0.2) is 0 Å². The summed E-state index contributed by atoms with van der Waals surface area (Å²) in [5, 5.41) is 0. The fraction of sp³-hybridized carbons (Fsp3) is 0.462. The molecule has 0 aliphatic heterocycles. The van der Waals surface area contributed by atoms with Crippen molar-refractivity contribution in [1.82, 2.24) is 0 Å². The van der Waals surface area contributed by atoms with Gasteiger partial charge in [0.25, 0.3) is 0 Å². The van der Waals surface area contributed by atoms with Crippen LogP contribution in [0.25, 0.3) is 0 Å². The van der Waals surface area contributed by atoms with Gasteiger partial charge in [-0.1, -0.05) is 6.92 Å². The number of carbonyl (C=O) groups is 1. The number of methoxy groups -OCH3 is 1. The molecule has 1 aromatic carbocycles. The Bertz CT molecular complexity index is 391. The molecule has 0 amide bonds. The van der Waals surface area contributed by atoms with Crippen LogP contribution in [0.15, 0.2) is 18.2 Å². The Morgan fingerprint density at radius 1 is 1.41 bits per heavy atom. The molecule has 1 atom stereocenters. The number of benzene rings is 1. The quantitative estimate of drug-likeness (QED) is 0.766. The lowest BCUT2D eigenvalue weighted by atomic mass is 10.00. The number of carbonyl (C=O) groups excluding carboxylic acids is 1. The summed E-state index contributed by atoms with van der Waals surface area (Å²) < 4.78 is 31.1. The molecule has 0 radical (unpaired) electrons. The maximum Gasteiger partial charge on any atom is 0.137 e. The first-order valence-electron chi connectivity index (χ1n) is 5.47. The van der Waals surface area contributed by atoms with Crippen molar-refractivity contribution < 1.29 is 18.3 Å². The summed E-state index contributed by atoms with van der Waals surface area (Å²) >= 11 is 0. The molecule has 1 aromatic rings. The van der Waals surface area contributed by atoms with Gasteiger partial charge >= 0.3 is 0 Å². The highest BCUT2D eigenvalue weighted by atomic mass is 19.1. The predicted molar refractivity (Wildman–Crippen MR) is 60.7 cm³/mol. The van der Waals surface area contributed by atoms with Crippen LogP contribution in [0.2, 0.25) is 0 Å². The lowest BCUT2D eigenvalue weighted by molar-refractivity contribution is -0.119. The van der Waals surface area contributed by atoms with E-state index in [2.05, 4.69) is 0 Å². The van der Waals surface area contributed by atoms with Crippen LogP contribution in [0.1, 0.15) is 18.9 Å². The average molecular weight is 242 g/mol.